The summed E-state index contributed by atoms with van der Waals surface area (Å²) in [6.45, 7) is 0. The van der Waals surface area contributed by atoms with Gasteiger partial charge in [0.2, 0.25) is 0 Å². The van der Waals surface area contributed by atoms with Crippen molar-refractivity contribution in [3.63, 3.8) is 0 Å². The fraction of sp³-hybridized carbons (Fsp3) is 0. The summed E-state index contributed by atoms with van der Waals surface area (Å²) in [5.74, 6) is 0. The molecule has 0 atom stereocenters. The third kappa shape index (κ3) is 8.85. The summed E-state index contributed by atoms with van der Waals surface area (Å²) in [7, 11) is 0. The molecule has 0 fully saturated rings. The van der Waals surface area contributed by atoms with Gasteiger partial charge in [-0.1, -0.05) is 0 Å². The molecule has 0 amide bonds. The van der Waals surface area contributed by atoms with Crippen molar-refractivity contribution in [3.8, 4) is 0 Å². The van der Waals surface area contributed by atoms with Gasteiger partial charge >= 0.3 is 37.7 Å². The third-order valence-electron chi connectivity index (χ3n) is 0. The topological polar surface area (TPSA) is 0 Å². The minimum atomic E-state index is 0. The molecule has 0 nitrogen and oxygen atoms in total. The molecule has 0 unspecified atom stereocenters. The Morgan fingerprint density at radius 2 is 0.750 bits per heavy atom. The van der Waals surface area contributed by atoms with Gasteiger partial charge in [0.15, 0.2) is 0 Å². The summed E-state index contributed by atoms with van der Waals surface area (Å²) >= 11 is 0. The maximum absolute atomic E-state index is 0. The summed E-state index contributed by atoms with van der Waals surface area (Å²) in [4.78, 5) is 0. The van der Waals surface area contributed by atoms with Crippen molar-refractivity contribution in [2.75, 3.05) is 0 Å². The van der Waals surface area contributed by atoms with Crippen molar-refractivity contribution < 1.29 is 53.4 Å². The Hall–Kier alpha value is 2.84. The monoisotopic (exact) mass is 262 g/mol. The molecule has 0 rings (SSSR count). The predicted octanol–water partition coefficient (Wildman–Crippen LogP) is -6.38. The van der Waals surface area contributed by atoms with Gasteiger partial charge in [-0.2, -0.15) is 0 Å². The summed E-state index contributed by atoms with van der Waals surface area (Å²) in [5.41, 5.74) is 0. The fourth-order valence-electron chi connectivity index (χ4n) is 0. The molecule has 0 saturated carbocycles. The van der Waals surface area contributed by atoms with Gasteiger partial charge < -0.3 is 34.0 Å². The molecule has 0 aromatic carbocycles. The molecule has 0 saturated heterocycles. The smallest absolute Gasteiger partial charge is 1.00 e. The van der Waals surface area contributed by atoms with Crippen LogP contribution >= 0.6 is 0 Å². The van der Waals surface area contributed by atoms with Crippen LogP contribution in [0.25, 0.3) is 0 Å². The zero-order valence-corrected chi connectivity index (χ0v) is 10.5. The molecule has 18 valence electrons. The summed E-state index contributed by atoms with van der Waals surface area (Å²) in [6.07, 6.45) is 0. The summed E-state index contributed by atoms with van der Waals surface area (Å²) in [6, 6.07) is 0. The Morgan fingerprint density at radius 3 is 0.750 bits per heavy atom. The zero-order valence-electron chi connectivity index (χ0n) is 2.17. The second-order valence-corrected chi connectivity index (χ2v) is 0. The molecule has 0 N–H and O–H groups in total. The first-order valence-electron chi connectivity index (χ1n) is 0. The van der Waals surface area contributed by atoms with Crippen LogP contribution in [0.2, 0.25) is 0 Å². The molecule has 0 aliphatic carbocycles. The van der Waals surface area contributed by atoms with E-state index in [0.29, 0.717) is 0 Å². The molecule has 0 aliphatic rings. The maximum atomic E-state index is 0. The van der Waals surface area contributed by atoms with Crippen LogP contribution in [0, 0.1) is 0 Å². The van der Waals surface area contributed by atoms with E-state index in [2.05, 4.69) is 0 Å². The van der Waals surface area contributed by atoms with Crippen LogP contribution < -0.4 is 34.0 Å². The molecule has 4 heteroatoms. The summed E-state index contributed by atoms with van der Waals surface area (Å²) in [5, 5.41) is 0. The number of halogens is 2. The van der Waals surface area contributed by atoms with Gasteiger partial charge in [-0.3, -0.25) is 0 Å². The van der Waals surface area contributed by atoms with Crippen molar-refractivity contribution in [1.82, 2.24) is 0 Å². The Balaban J connectivity index is 0. The van der Waals surface area contributed by atoms with E-state index in [1.807, 2.05) is 0 Å². The van der Waals surface area contributed by atoms with Crippen LogP contribution in [-0.4, -0.2) is 37.7 Å². The Labute approximate surface area is 89.4 Å². The van der Waals surface area contributed by atoms with E-state index < -0.39 is 0 Å². The van der Waals surface area contributed by atoms with E-state index >= 15 is 0 Å². The van der Waals surface area contributed by atoms with Gasteiger partial charge in [0.05, 0.1) is 0 Å². The van der Waals surface area contributed by atoms with Gasteiger partial charge in [0.1, 0.15) is 0 Å². The van der Waals surface area contributed by atoms with Crippen molar-refractivity contribution in [3.05, 3.63) is 0 Å². The van der Waals surface area contributed by atoms with E-state index in [1.54, 1.807) is 0 Å². The average Bonchev–Trinajstić information content (AvgIpc) is 0. The first kappa shape index (κ1) is 28.9. The van der Waals surface area contributed by atoms with Gasteiger partial charge in [-0.25, -0.2) is 0 Å². The molecule has 4 heavy (non-hydrogen) atoms. The van der Waals surface area contributed by atoms with Gasteiger partial charge in [-0.05, 0) is 0 Å². The van der Waals surface area contributed by atoms with E-state index in [9.17, 15) is 0 Å². The molecule has 0 aliphatic heterocycles. The second kappa shape index (κ2) is 17.0. The Kier molecular flexibility index (Phi) is 123. The molecule has 0 aromatic rings. The van der Waals surface area contributed by atoms with Crippen molar-refractivity contribution in [2.24, 2.45) is 0 Å². The molecule has 0 radical (unpaired) electrons. The standard InChI is InChI=1S/2BrH.Ca.Zn/h2*1H;;/q;;+2;/p-2. The largest absolute Gasteiger partial charge is 2.00 e. The van der Waals surface area contributed by atoms with Gasteiger partial charge in [0, 0.05) is 19.5 Å². The normalized spacial score (nSPS) is 0. The van der Waals surface area contributed by atoms with Crippen molar-refractivity contribution >= 4 is 37.7 Å². The number of rotatable bonds is 0. The van der Waals surface area contributed by atoms with Crippen LogP contribution in [0.15, 0.2) is 0 Å². The minimum absolute atomic E-state index is 0. The fourth-order valence-corrected chi connectivity index (χ4v) is 0. The first-order valence-corrected chi connectivity index (χ1v) is 0. The van der Waals surface area contributed by atoms with E-state index in [1.165, 1.54) is 0 Å². The molecular formula is Br2CaZn. The predicted molar refractivity (Wildman–Crippen MR) is 5.75 cm³/mol. The number of hydrogen-bond acceptors (Lipinski definition) is 0. The van der Waals surface area contributed by atoms with Gasteiger partial charge in [0.25, 0.3) is 0 Å². The average molecular weight is 265 g/mol. The van der Waals surface area contributed by atoms with Crippen LogP contribution in [-0.2, 0) is 19.5 Å². The zero-order chi connectivity index (χ0) is 0. The first-order chi connectivity index (χ1) is 0. The molecule has 0 spiro atoms. The Morgan fingerprint density at radius 1 is 0.750 bits per heavy atom. The molecule has 0 heterocycles. The quantitative estimate of drug-likeness (QED) is 0.382. The minimum Gasteiger partial charge on any atom is -1.00 e. The van der Waals surface area contributed by atoms with Gasteiger partial charge in [-0.15, -0.1) is 0 Å². The van der Waals surface area contributed by atoms with E-state index in [0.717, 1.165) is 0 Å². The SMILES string of the molecule is [Br-].[Br-].[Ca+2].[Zn]. The van der Waals surface area contributed by atoms with Crippen molar-refractivity contribution in [1.29, 1.82) is 0 Å². The number of hydrogen-bond donors (Lipinski definition) is 0. The Bertz CT molecular complexity index is 6.00. The van der Waals surface area contributed by atoms with Crippen molar-refractivity contribution in [2.45, 2.75) is 0 Å². The maximum Gasteiger partial charge on any atom is 2.00 e. The third-order valence-corrected chi connectivity index (χ3v) is 0. The van der Waals surface area contributed by atoms with Crippen LogP contribution in [0.5, 0.6) is 0 Å². The van der Waals surface area contributed by atoms with E-state index in [4.69, 9.17) is 0 Å². The van der Waals surface area contributed by atoms with Crippen LogP contribution in [0.1, 0.15) is 0 Å². The molecular weight excluding hydrogens is 265 g/mol. The van der Waals surface area contributed by atoms with Crippen LogP contribution in [0.3, 0.4) is 0 Å². The van der Waals surface area contributed by atoms with E-state index in [-0.39, 0.29) is 91.2 Å². The molecule has 0 bridgehead atoms. The summed E-state index contributed by atoms with van der Waals surface area (Å²) < 4.78 is 0. The second-order valence-electron chi connectivity index (χ2n) is 0. The molecule has 0 aromatic heterocycles. The van der Waals surface area contributed by atoms with Crippen LogP contribution in [0.4, 0.5) is 0 Å².